The predicted octanol–water partition coefficient (Wildman–Crippen LogP) is 12.7. The minimum atomic E-state index is -0.954. The number of ether oxygens (including phenoxy) is 2. The number of aliphatic hydroxyl groups excluding tert-OH is 1. The Kier molecular flexibility index (Phi) is 37.4. The van der Waals surface area contributed by atoms with E-state index in [1.807, 2.05) is 0 Å². The number of aliphatic hydroxyl groups is 1. The summed E-state index contributed by atoms with van der Waals surface area (Å²) in [7, 11) is 0. The maximum absolute atomic E-state index is 12.0. The lowest BCUT2D eigenvalue weighted by Gasteiger charge is -2.12. The predicted molar refractivity (Wildman–Crippen MR) is 196 cm³/mol. The molecule has 0 aliphatic heterocycles. The van der Waals surface area contributed by atoms with Crippen molar-refractivity contribution in [2.75, 3.05) is 13.2 Å². The summed E-state index contributed by atoms with van der Waals surface area (Å²) in [6, 6.07) is 0. The quantitative estimate of drug-likeness (QED) is 0.0531. The van der Waals surface area contributed by atoms with Crippen LogP contribution in [-0.4, -0.2) is 36.4 Å². The number of carbonyl (C=O) groups excluding carboxylic acids is 2. The molecule has 5 nitrogen and oxygen atoms in total. The molecule has 0 amide bonds. The van der Waals surface area contributed by atoms with E-state index in [4.69, 9.17) is 9.47 Å². The van der Waals surface area contributed by atoms with Crippen molar-refractivity contribution in [3.05, 3.63) is 0 Å². The first-order valence-corrected chi connectivity index (χ1v) is 20.6. The van der Waals surface area contributed by atoms with E-state index in [-0.39, 0.29) is 25.2 Å². The molecule has 0 bridgehead atoms. The molecule has 0 heterocycles. The van der Waals surface area contributed by atoms with E-state index in [9.17, 15) is 14.7 Å². The van der Waals surface area contributed by atoms with Gasteiger partial charge in [-0.3, -0.25) is 9.59 Å². The average Bonchev–Trinajstić information content (AvgIpc) is 3.06. The second-order valence-corrected chi connectivity index (χ2v) is 14.1. The van der Waals surface area contributed by atoms with Gasteiger partial charge in [-0.25, -0.2) is 0 Å². The Hall–Kier alpha value is -1.10. The summed E-state index contributed by atoms with van der Waals surface area (Å²) in [6.07, 6.45) is 41.6. The minimum Gasteiger partial charge on any atom is -0.463 e. The van der Waals surface area contributed by atoms with E-state index in [1.54, 1.807) is 0 Å². The average molecular weight is 653 g/mol. The molecule has 274 valence electrons. The summed E-state index contributed by atoms with van der Waals surface area (Å²) in [6.45, 7) is 4.33. The van der Waals surface area contributed by atoms with Crippen LogP contribution < -0.4 is 0 Å². The molecule has 46 heavy (non-hydrogen) atoms. The zero-order valence-electron chi connectivity index (χ0n) is 31.1. The van der Waals surface area contributed by atoms with Crippen LogP contribution in [0.15, 0.2) is 0 Å². The third-order valence-electron chi connectivity index (χ3n) is 9.34. The van der Waals surface area contributed by atoms with Gasteiger partial charge in [0.05, 0.1) is 0 Å². The number of rotatable bonds is 38. The normalized spacial score (nSPS) is 12.0. The molecule has 0 rings (SSSR count). The lowest BCUT2D eigenvalue weighted by molar-refractivity contribution is -0.152. The van der Waals surface area contributed by atoms with Crippen LogP contribution in [0.4, 0.5) is 0 Å². The van der Waals surface area contributed by atoms with E-state index >= 15 is 0 Å². The molecule has 0 aromatic rings. The van der Waals surface area contributed by atoms with Gasteiger partial charge in [0.2, 0.25) is 0 Å². The molecule has 5 heteroatoms. The highest BCUT2D eigenvalue weighted by Gasteiger charge is 2.12. The summed E-state index contributed by atoms with van der Waals surface area (Å²) in [5.74, 6) is -0.549. The third kappa shape index (κ3) is 37.4. The van der Waals surface area contributed by atoms with Crippen molar-refractivity contribution < 1.29 is 24.2 Å². The molecule has 0 saturated heterocycles. The number of hydrogen-bond acceptors (Lipinski definition) is 5. The Morgan fingerprint density at radius 1 is 0.370 bits per heavy atom. The molecular formula is C41H80O5. The lowest BCUT2D eigenvalue weighted by Crippen LogP contribution is -2.25. The van der Waals surface area contributed by atoms with Gasteiger partial charge in [0, 0.05) is 12.8 Å². The van der Waals surface area contributed by atoms with Gasteiger partial charge in [-0.15, -0.1) is 0 Å². The fraction of sp³-hybridized carbons (Fsp3) is 0.951. The molecule has 0 aromatic carbocycles. The van der Waals surface area contributed by atoms with Crippen LogP contribution >= 0.6 is 0 Å². The number of carbonyl (C=O) groups is 2. The first kappa shape index (κ1) is 44.9. The number of unbranched alkanes of at least 4 members (excludes halogenated alkanes) is 30. The van der Waals surface area contributed by atoms with Crippen molar-refractivity contribution in [2.24, 2.45) is 0 Å². The van der Waals surface area contributed by atoms with Gasteiger partial charge in [0.25, 0.3) is 0 Å². The summed E-state index contributed by atoms with van der Waals surface area (Å²) in [5.41, 5.74) is 0. The summed E-state index contributed by atoms with van der Waals surface area (Å²) >= 11 is 0. The molecule has 1 atom stereocenters. The van der Waals surface area contributed by atoms with Crippen LogP contribution in [0, 0.1) is 0 Å². The fourth-order valence-electron chi connectivity index (χ4n) is 6.21. The van der Waals surface area contributed by atoms with E-state index in [2.05, 4.69) is 13.8 Å². The standard InChI is InChI=1S/C41H80O5/c1-3-5-7-9-11-13-15-17-18-19-20-21-22-24-26-28-30-32-34-36-41(44)46-38-39(42)37-45-40(43)35-33-31-29-27-25-23-16-14-12-10-8-6-4-2/h39,42H,3-38H2,1-2H3. The van der Waals surface area contributed by atoms with Crippen molar-refractivity contribution >= 4 is 11.9 Å². The summed E-state index contributed by atoms with van der Waals surface area (Å²) < 4.78 is 10.3. The van der Waals surface area contributed by atoms with Crippen molar-refractivity contribution in [3.8, 4) is 0 Å². The molecule has 0 aromatic heterocycles. The highest BCUT2D eigenvalue weighted by atomic mass is 16.6. The van der Waals surface area contributed by atoms with Crippen molar-refractivity contribution in [1.29, 1.82) is 0 Å². The highest BCUT2D eigenvalue weighted by Crippen LogP contribution is 2.16. The Bertz CT molecular complexity index is 622. The van der Waals surface area contributed by atoms with E-state index in [0.29, 0.717) is 12.8 Å². The number of hydrogen-bond donors (Lipinski definition) is 1. The van der Waals surface area contributed by atoms with Crippen molar-refractivity contribution in [3.63, 3.8) is 0 Å². The molecule has 0 spiro atoms. The van der Waals surface area contributed by atoms with Gasteiger partial charge >= 0.3 is 11.9 Å². The number of esters is 2. The largest absolute Gasteiger partial charge is 0.463 e. The van der Waals surface area contributed by atoms with Gasteiger partial charge in [0.15, 0.2) is 0 Å². The molecule has 1 N–H and O–H groups in total. The Labute approximate surface area is 287 Å². The zero-order chi connectivity index (χ0) is 33.6. The van der Waals surface area contributed by atoms with Crippen molar-refractivity contribution in [1.82, 2.24) is 0 Å². The Morgan fingerprint density at radius 2 is 0.565 bits per heavy atom. The third-order valence-corrected chi connectivity index (χ3v) is 9.34. The fourth-order valence-corrected chi connectivity index (χ4v) is 6.21. The first-order chi connectivity index (χ1) is 22.6. The van der Waals surface area contributed by atoms with Gasteiger partial charge in [0.1, 0.15) is 19.3 Å². The second-order valence-electron chi connectivity index (χ2n) is 14.1. The van der Waals surface area contributed by atoms with Gasteiger partial charge in [-0.05, 0) is 12.8 Å². The van der Waals surface area contributed by atoms with Crippen LogP contribution in [-0.2, 0) is 19.1 Å². The van der Waals surface area contributed by atoms with Crippen LogP contribution in [0.2, 0.25) is 0 Å². The Morgan fingerprint density at radius 3 is 0.783 bits per heavy atom. The lowest BCUT2D eigenvalue weighted by atomic mass is 10.0. The molecule has 0 aliphatic carbocycles. The van der Waals surface area contributed by atoms with Gasteiger partial charge in [-0.2, -0.15) is 0 Å². The highest BCUT2D eigenvalue weighted by molar-refractivity contribution is 5.69. The zero-order valence-corrected chi connectivity index (χ0v) is 31.1. The van der Waals surface area contributed by atoms with Crippen LogP contribution in [0.25, 0.3) is 0 Å². The second kappa shape index (κ2) is 38.3. The SMILES string of the molecule is CCCCCCCCCCCCCCCCCCCCCC(=O)OCC(O)COC(=O)CCCCCCCCCCCCCCC. The molecule has 0 aliphatic rings. The van der Waals surface area contributed by atoms with E-state index < -0.39 is 6.10 Å². The molecule has 0 saturated carbocycles. The van der Waals surface area contributed by atoms with Gasteiger partial charge in [-0.1, -0.05) is 206 Å². The molecule has 0 radical (unpaired) electrons. The first-order valence-electron chi connectivity index (χ1n) is 20.6. The van der Waals surface area contributed by atoms with E-state index in [0.717, 1.165) is 25.7 Å². The molecule has 0 fully saturated rings. The van der Waals surface area contributed by atoms with Crippen molar-refractivity contribution in [2.45, 2.75) is 238 Å². The topological polar surface area (TPSA) is 72.8 Å². The van der Waals surface area contributed by atoms with Crippen LogP contribution in [0.3, 0.4) is 0 Å². The van der Waals surface area contributed by atoms with Crippen LogP contribution in [0.1, 0.15) is 232 Å². The maximum Gasteiger partial charge on any atom is 0.305 e. The summed E-state index contributed by atoms with van der Waals surface area (Å²) in [5, 5.41) is 10.0. The van der Waals surface area contributed by atoms with E-state index in [1.165, 1.54) is 180 Å². The summed E-state index contributed by atoms with van der Waals surface area (Å²) in [4.78, 5) is 23.9. The molecular weight excluding hydrogens is 572 g/mol. The van der Waals surface area contributed by atoms with Gasteiger partial charge < -0.3 is 14.6 Å². The smallest absolute Gasteiger partial charge is 0.305 e. The monoisotopic (exact) mass is 653 g/mol. The Balaban J connectivity index is 3.35. The molecule has 1 unspecified atom stereocenters. The van der Waals surface area contributed by atoms with Crippen LogP contribution in [0.5, 0.6) is 0 Å². The minimum absolute atomic E-state index is 0.107. The maximum atomic E-state index is 12.0.